The molecule has 0 spiro atoms. The number of hydrogen-bond donors (Lipinski definition) is 2. The average molecular weight is 426 g/mol. The number of rotatable bonds is 3. The SMILES string of the molecule is CC(C)(C)c1cc(C=C2SC=CN(CS(=O)(=O)O)C2=O)cc(C(C)(C)C)c1O. The zero-order valence-electron chi connectivity index (χ0n) is 17.0. The predicted molar refractivity (Wildman–Crippen MR) is 113 cm³/mol. The van der Waals surface area contributed by atoms with E-state index >= 15 is 0 Å². The van der Waals surface area contributed by atoms with Crippen LogP contribution in [0.25, 0.3) is 6.08 Å². The summed E-state index contributed by atoms with van der Waals surface area (Å²) in [6.45, 7) is 12.0. The lowest BCUT2D eigenvalue weighted by Gasteiger charge is -2.28. The molecule has 2 N–H and O–H groups in total. The molecule has 1 aliphatic heterocycles. The Hall–Kier alpha value is -1.77. The minimum atomic E-state index is -4.33. The highest BCUT2D eigenvalue weighted by atomic mass is 32.2. The molecule has 1 aromatic carbocycles. The van der Waals surface area contributed by atoms with Crippen molar-refractivity contribution in [1.29, 1.82) is 0 Å². The Morgan fingerprint density at radius 3 is 2.00 bits per heavy atom. The Balaban J connectivity index is 2.56. The lowest BCUT2D eigenvalue weighted by molar-refractivity contribution is -0.123. The number of nitrogens with zero attached hydrogens (tertiary/aromatic N) is 1. The highest BCUT2D eigenvalue weighted by Crippen LogP contribution is 2.40. The Morgan fingerprint density at radius 1 is 1.07 bits per heavy atom. The van der Waals surface area contributed by atoms with E-state index in [1.165, 1.54) is 18.0 Å². The number of phenols is 1. The van der Waals surface area contributed by atoms with E-state index in [4.69, 9.17) is 4.55 Å². The molecule has 1 heterocycles. The third-order valence-corrected chi connectivity index (χ3v) is 5.66. The minimum absolute atomic E-state index is 0.248. The Morgan fingerprint density at radius 2 is 1.57 bits per heavy atom. The number of phenolic OH excluding ortho intramolecular Hbond substituents is 1. The quantitative estimate of drug-likeness (QED) is 0.556. The largest absolute Gasteiger partial charge is 0.507 e. The standard InChI is InChI=1S/C20H27NO5S2/c1-19(2,3)14-9-13(10-15(17(14)22)20(4,5)6)11-16-18(23)21(7-8-27-16)12-28(24,25)26/h7-11,22H,12H2,1-6H3,(H,24,25,26). The van der Waals surface area contributed by atoms with Crippen molar-refractivity contribution >= 4 is 33.9 Å². The number of aromatic hydroxyl groups is 1. The molecular formula is C20H27NO5S2. The Labute approximate surface area is 171 Å². The third-order valence-electron chi connectivity index (χ3n) is 4.26. The highest BCUT2D eigenvalue weighted by molar-refractivity contribution is 8.06. The van der Waals surface area contributed by atoms with Crippen molar-refractivity contribution in [3.8, 4) is 5.75 Å². The first kappa shape index (κ1) is 22.5. The van der Waals surface area contributed by atoms with Crippen molar-refractivity contribution in [2.45, 2.75) is 52.4 Å². The van der Waals surface area contributed by atoms with E-state index in [1.54, 1.807) is 11.5 Å². The van der Waals surface area contributed by atoms with E-state index in [-0.39, 0.29) is 16.6 Å². The van der Waals surface area contributed by atoms with Crippen LogP contribution in [0.4, 0.5) is 0 Å². The van der Waals surface area contributed by atoms with Gasteiger partial charge in [0.2, 0.25) is 0 Å². The van der Waals surface area contributed by atoms with Gasteiger partial charge in [-0.1, -0.05) is 53.3 Å². The number of carbonyl (C=O) groups is 1. The lowest BCUT2D eigenvalue weighted by Crippen LogP contribution is -2.32. The second kappa shape index (κ2) is 7.57. The molecule has 0 saturated heterocycles. The van der Waals surface area contributed by atoms with Gasteiger partial charge in [-0.2, -0.15) is 8.42 Å². The van der Waals surface area contributed by atoms with Gasteiger partial charge >= 0.3 is 0 Å². The number of carbonyl (C=O) groups excluding carboxylic acids is 1. The van der Waals surface area contributed by atoms with E-state index in [9.17, 15) is 18.3 Å². The van der Waals surface area contributed by atoms with Gasteiger partial charge in [0.15, 0.2) is 5.88 Å². The van der Waals surface area contributed by atoms with Crippen LogP contribution in [-0.2, 0) is 25.7 Å². The molecule has 0 atom stereocenters. The average Bonchev–Trinajstić information content (AvgIpc) is 2.49. The molecule has 1 aliphatic rings. The minimum Gasteiger partial charge on any atom is -0.507 e. The summed E-state index contributed by atoms with van der Waals surface area (Å²) in [5, 5.41) is 12.4. The van der Waals surface area contributed by atoms with Crippen molar-refractivity contribution in [2.24, 2.45) is 0 Å². The van der Waals surface area contributed by atoms with Gasteiger partial charge in [-0.3, -0.25) is 14.2 Å². The maximum atomic E-state index is 12.6. The van der Waals surface area contributed by atoms with Gasteiger partial charge in [0.1, 0.15) is 5.75 Å². The molecule has 154 valence electrons. The number of hydrogen-bond acceptors (Lipinski definition) is 5. The van der Waals surface area contributed by atoms with Crippen LogP contribution in [0.5, 0.6) is 5.75 Å². The summed E-state index contributed by atoms with van der Waals surface area (Å²) in [5.74, 6) is -1.05. The van der Waals surface area contributed by atoms with Crippen LogP contribution in [0.3, 0.4) is 0 Å². The van der Waals surface area contributed by atoms with Crippen molar-refractivity contribution in [3.05, 3.63) is 45.3 Å². The highest BCUT2D eigenvalue weighted by Gasteiger charge is 2.28. The molecule has 0 unspecified atom stereocenters. The summed E-state index contributed by atoms with van der Waals surface area (Å²) in [6.07, 6.45) is 3.01. The van der Waals surface area contributed by atoms with Crippen LogP contribution < -0.4 is 0 Å². The molecule has 0 radical (unpaired) electrons. The number of amides is 1. The molecule has 1 amide bonds. The summed E-state index contributed by atoms with van der Waals surface area (Å²) in [7, 11) is -4.33. The van der Waals surface area contributed by atoms with E-state index < -0.39 is 21.9 Å². The summed E-state index contributed by atoms with van der Waals surface area (Å²) in [4.78, 5) is 13.9. The Kier molecular flexibility index (Phi) is 6.09. The van der Waals surface area contributed by atoms with Crippen molar-refractivity contribution < 1.29 is 22.9 Å². The van der Waals surface area contributed by atoms with Crippen LogP contribution >= 0.6 is 11.8 Å². The van der Waals surface area contributed by atoms with Gasteiger partial charge in [0.25, 0.3) is 16.0 Å². The molecule has 8 heteroatoms. The lowest BCUT2D eigenvalue weighted by atomic mass is 9.78. The molecule has 0 aromatic heterocycles. The van der Waals surface area contributed by atoms with Gasteiger partial charge in [0, 0.05) is 17.3 Å². The fourth-order valence-electron chi connectivity index (χ4n) is 2.84. The third kappa shape index (κ3) is 5.40. The molecule has 0 bridgehead atoms. The second-order valence-corrected chi connectivity index (χ2v) is 11.2. The first-order valence-electron chi connectivity index (χ1n) is 8.79. The summed E-state index contributed by atoms with van der Waals surface area (Å²) < 4.78 is 31.3. The summed E-state index contributed by atoms with van der Waals surface area (Å²) in [6, 6.07) is 3.69. The van der Waals surface area contributed by atoms with Crippen molar-refractivity contribution in [1.82, 2.24) is 4.90 Å². The van der Waals surface area contributed by atoms with E-state index in [0.717, 1.165) is 21.6 Å². The molecule has 0 saturated carbocycles. The van der Waals surface area contributed by atoms with Crippen LogP contribution in [0.2, 0.25) is 0 Å². The molecule has 0 fully saturated rings. The maximum absolute atomic E-state index is 12.6. The zero-order valence-corrected chi connectivity index (χ0v) is 18.6. The van der Waals surface area contributed by atoms with Gasteiger partial charge in [-0.05, 0) is 40.0 Å². The molecule has 6 nitrogen and oxygen atoms in total. The number of benzene rings is 1. The summed E-state index contributed by atoms with van der Waals surface area (Å²) >= 11 is 1.18. The van der Waals surface area contributed by atoms with Crippen LogP contribution in [0.1, 0.15) is 58.2 Å². The van der Waals surface area contributed by atoms with E-state index in [2.05, 4.69) is 0 Å². The van der Waals surface area contributed by atoms with Crippen molar-refractivity contribution in [3.63, 3.8) is 0 Å². The predicted octanol–water partition coefficient (Wildman–Crippen LogP) is 4.22. The van der Waals surface area contributed by atoms with Crippen molar-refractivity contribution in [2.75, 3.05) is 5.88 Å². The van der Waals surface area contributed by atoms with Gasteiger partial charge < -0.3 is 5.11 Å². The summed E-state index contributed by atoms with van der Waals surface area (Å²) in [5.41, 5.74) is 1.67. The molecule has 28 heavy (non-hydrogen) atoms. The molecule has 1 aromatic rings. The second-order valence-electron chi connectivity index (χ2n) is 8.86. The topological polar surface area (TPSA) is 94.9 Å². The van der Waals surface area contributed by atoms with E-state index in [0.29, 0.717) is 4.91 Å². The normalized spacial score (nSPS) is 17.5. The molecular weight excluding hydrogens is 398 g/mol. The van der Waals surface area contributed by atoms with E-state index in [1.807, 2.05) is 53.7 Å². The van der Waals surface area contributed by atoms with Gasteiger partial charge in [-0.25, -0.2) is 0 Å². The fraction of sp³-hybridized carbons (Fsp3) is 0.450. The molecule has 0 aliphatic carbocycles. The van der Waals surface area contributed by atoms with Gasteiger partial charge in [-0.15, -0.1) is 0 Å². The smallest absolute Gasteiger partial charge is 0.283 e. The number of thioether (sulfide) groups is 1. The van der Waals surface area contributed by atoms with Crippen LogP contribution in [-0.4, -0.2) is 34.8 Å². The zero-order chi connectivity index (χ0) is 21.5. The monoisotopic (exact) mass is 425 g/mol. The molecule has 2 rings (SSSR count). The van der Waals surface area contributed by atoms with Gasteiger partial charge in [0.05, 0.1) is 4.91 Å². The van der Waals surface area contributed by atoms with Crippen LogP contribution in [0.15, 0.2) is 28.6 Å². The first-order chi connectivity index (χ1) is 12.6. The Bertz CT molecular complexity index is 913. The fourth-order valence-corrected chi connectivity index (χ4v) is 4.18. The maximum Gasteiger partial charge on any atom is 0.283 e. The van der Waals surface area contributed by atoms with Crippen LogP contribution in [0, 0.1) is 0 Å². The first-order valence-corrected chi connectivity index (χ1v) is 11.3.